The van der Waals surface area contributed by atoms with E-state index in [0.717, 1.165) is 17.8 Å². The van der Waals surface area contributed by atoms with Gasteiger partial charge in [0.1, 0.15) is 17.5 Å². The summed E-state index contributed by atoms with van der Waals surface area (Å²) in [6.07, 6.45) is 2.74. The molecule has 2 aromatic rings. The first-order valence-electron chi connectivity index (χ1n) is 11.0. The summed E-state index contributed by atoms with van der Waals surface area (Å²) in [6.45, 7) is 4.38. The molecule has 3 atom stereocenters. The summed E-state index contributed by atoms with van der Waals surface area (Å²) in [7, 11) is 1.51. The van der Waals surface area contributed by atoms with Gasteiger partial charge in [0, 0.05) is 19.1 Å². The molecule has 2 rings (SSSR count). The predicted molar refractivity (Wildman–Crippen MR) is 118 cm³/mol. The maximum atomic E-state index is 14.1. The molecule has 0 fully saturated rings. The molecule has 33 heavy (non-hydrogen) atoms. The van der Waals surface area contributed by atoms with E-state index in [1.54, 1.807) is 17.6 Å². The van der Waals surface area contributed by atoms with Crippen molar-refractivity contribution >= 4 is 5.91 Å². The molecule has 1 heterocycles. The van der Waals surface area contributed by atoms with Crippen LogP contribution in [0.25, 0.3) is 0 Å². The fourth-order valence-electron chi connectivity index (χ4n) is 3.83. The van der Waals surface area contributed by atoms with Gasteiger partial charge in [0.2, 0.25) is 5.91 Å². The number of benzene rings is 1. The van der Waals surface area contributed by atoms with E-state index in [-0.39, 0.29) is 23.5 Å². The van der Waals surface area contributed by atoms with Crippen molar-refractivity contribution in [3.8, 4) is 0 Å². The van der Waals surface area contributed by atoms with Crippen LogP contribution < -0.4 is 10.8 Å². The number of nitrogens with zero attached hydrogens (tertiary/aromatic N) is 1. The number of hydroxylamine groups is 1. The molecule has 0 aliphatic rings. The van der Waals surface area contributed by atoms with Crippen molar-refractivity contribution in [2.45, 2.75) is 51.7 Å². The number of nitrogens with one attached hydrogen (secondary N) is 2. The van der Waals surface area contributed by atoms with Crippen LogP contribution in [0.15, 0.2) is 36.5 Å². The second-order valence-corrected chi connectivity index (χ2v) is 8.38. The molecule has 0 aliphatic carbocycles. The lowest BCUT2D eigenvalue weighted by atomic mass is 9.91. The zero-order valence-electron chi connectivity index (χ0n) is 19.2. The average Bonchev–Trinajstić information content (AvgIpc) is 2.79. The van der Waals surface area contributed by atoms with Crippen molar-refractivity contribution < 1.29 is 27.9 Å². The number of carbonyl (C=O) groups excluding carboxylic acids is 1. The fourth-order valence-corrected chi connectivity index (χ4v) is 3.83. The van der Waals surface area contributed by atoms with Crippen LogP contribution in [-0.2, 0) is 9.53 Å². The lowest BCUT2D eigenvalue weighted by Crippen LogP contribution is -2.30. The molecular weight excluding hydrogens is 435 g/mol. The molecule has 0 saturated carbocycles. The van der Waals surface area contributed by atoms with Gasteiger partial charge in [0.15, 0.2) is 0 Å². The zero-order valence-corrected chi connectivity index (χ0v) is 19.2. The van der Waals surface area contributed by atoms with Gasteiger partial charge >= 0.3 is 0 Å². The van der Waals surface area contributed by atoms with Crippen LogP contribution in [0.1, 0.15) is 62.9 Å². The standard InChI is InChI=1S/C24H32F3N3O3/c1-15(2)22(23-20(27)13-19(26)14-29-23)28-11-5-4-6-17(24(31)30-32)12-21(33-3)16-7-9-18(25)10-8-16/h7-10,13-15,17,21-22,28,32H,4-6,11-12H2,1-3H3,(H,30,31)/t17-,21+,22+/m0/s1. The number of unbranched alkanes of at least 4 members (excludes halogenated alkanes) is 1. The van der Waals surface area contributed by atoms with Gasteiger partial charge in [0.25, 0.3) is 0 Å². The van der Waals surface area contributed by atoms with Crippen LogP contribution in [0.4, 0.5) is 13.2 Å². The maximum absolute atomic E-state index is 14.1. The Hall–Kier alpha value is -2.49. The Bertz CT molecular complexity index is 881. The summed E-state index contributed by atoms with van der Waals surface area (Å²) in [6, 6.07) is 6.33. The number of methoxy groups -OCH3 is 1. The number of aromatic nitrogens is 1. The maximum Gasteiger partial charge on any atom is 0.246 e. The Kier molecular flexibility index (Phi) is 10.8. The molecule has 1 aromatic carbocycles. The van der Waals surface area contributed by atoms with Gasteiger partial charge in [-0.3, -0.25) is 15.0 Å². The number of hydrogen-bond donors (Lipinski definition) is 3. The Morgan fingerprint density at radius 3 is 2.39 bits per heavy atom. The molecule has 0 radical (unpaired) electrons. The molecule has 1 amide bonds. The minimum Gasteiger partial charge on any atom is -0.377 e. The predicted octanol–water partition coefficient (Wildman–Crippen LogP) is 4.86. The van der Waals surface area contributed by atoms with E-state index in [1.165, 1.54) is 19.2 Å². The van der Waals surface area contributed by atoms with E-state index in [0.29, 0.717) is 32.2 Å². The van der Waals surface area contributed by atoms with Gasteiger partial charge in [-0.15, -0.1) is 0 Å². The molecule has 0 bridgehead atoms. The molecule has 6 nitrogen and oxygen atoms in total. The third kappa shape index (κ3) is 8.10. The molecule has 0 saturated heterocycles. The number of rotatable bonds is 13. The molecule has 3 N–H and O–H groups in total. The minimum atomic E-state index is -0.720. The van der Waals surface area contributed by atoms with Crippen molar-refractivity contribution in [2.24, 2.45) is 11.8 Å². The van der Waals surface area contributed by atoms with Gasteiger partial charge in [-0.25, -0.2) is 18.7 Å². The summed E-state index contributed by atoms with van der Waals surface area (Å²) in [5.41, 5.74) is 2.62. The molecule has 0 unspecified atom stereocenters. The normalized spacial score (nSPS) is 14.2. The first-order chi connectivity index (χ1) is 15.8. The molecule has 182 valence electrons. The second kappa shape index (κ2) is 13.3. The Morgan fingerprint density at radius 1 is 1.12 bits per heavy atom. The quantitative estimate of drug-likeness (QED) is 0.223. The van der Waals surface area contributed by atoms with E-state index in [9.17, 15) is 18.0 Å². The van der Waals surface area contributed by atoms with E-state index < -0.39 is 29.6 Å². The van der Waals surface area contributed by atoms with Crippen molar-refractivity contribution in [3.05, 3.63) is 65.2 Å². The Labute approximate surface area is 192 Å². The minimum absolute atomic E-state index is 0.0311. The number of ether oxygens (including phenoxy) is 1. The molecule has 0 spiro atoms. The first kappa shape index (κ1) is 26.8. The van der Waals surface area contributed by atoms with E-state index in [4.69, 9.17) is 9.94 Å². The Morgan fingerprint density at radius 2 is 1.82 bits per heavy atom. The van der Waals surface area contributed by atoms with Gasteiger partial charge < -0.3 is 10.1 Å². The Balaban J connectivity index is 1.91. The number of hydrogen-bond acceptors (Lipinski definition) is 5. The lowest BCUT2D eigenvalue weighted by molar-refractivity contribution is -0.135. The van der Waals surface area contributed by atoms with Crippen molar-refractivity contribution in [3.63, 3.8) is 0 Å². The number of halogens is 3. The largest absolute Gasteiger partial charge is 0.377 e. The van der Waals surface area contributed by atoms with Crippen LogP contribution in [0.5, 0.6) is 0 Å². The average molecular weight is 468 g/mol. The summed E-state index contributed by atoms with van der Waals surface area (Å²) in [5, 5.41) is 12.4. The molecule has 1 aromatic heterocycles. The van der Waals surface area contributed by atoms with Crippen LogP contribution in [0.3, 0.4) is 0 Å². The highest BCUT2D eigenvalue weighted by atomic mass is 19.1. The van der Waals surface area contributed by atoms with Crippen LogP contribution in [0, 0.1) is 29.3 Å². The smallest absolute Gasteiger partial charge is 0.246 e. The van der Waals surface area contributed by atoms with Gasteiger partial charge in [-0.05, 0) is 49.4 Å². The highest BCUT2D eigenvalue weighted by Crippen LogP contribution is 2.28. The van der Waals surface area contributed by atoms with Crippen LogP contribution in [-0.4, -0.2) is 29.8 Å². The topological polar surface area (TPSA) is 83.5 Å². The summed E-state index contributed by atoms with van der Waals surface area (Å²) >= 11 is 0. The third-order valence-electron chi connectivity index (χ3n) is 5.65. The molecular formula is C24H32F3N3O3. The highest BCUT2D eigenvalue weighted by molar-refractivity contribution is 5.77. The molecule has 9 heteroatoms. The summed E-state index contributed by atoms with van der Waals surface area (Å²) < 4.78 is 46.0. The SMILES string of the molecule is CO[C@H](C[C@H](CCCCN[C@@H](c1ncc(F)cc1F)C(C)C)C(=O)NO)c1ccc(F)cc1. The van der Waals surface area contributed by atoms with Crippen LogP contribution >= 0.6 is 0 Å². The highest BCUT2D eigenvalue weighted by Gasteiger charge is 2.24. The van der Waals surface area contributed by atoms with Gasteiger partial charge in [0.05, 0.1) is 24.0 Å². The van der Waals surface area contributed by atoms with Crippen molar-refractivity contribution in [1.29, 1.82) is 0 Å². The van der Waals surface area contributed by atoms with E-state index in [1.807, 2.05) is 13.8 Å². The summed E-state index contributed by atoms with van der Waals surface area (Å²) in [4.78, 5) is 16.1. The van der Waals surface area contributed by atoms with Crippen molar-refractivity contribution in [1.82, 2.24) is 15.8 Å². The first-order valence-corrected chi connectivity index (χ1v) is 11.0. The van der Waals surface area contributed by atoms with Gasteiger partial charge in [-0.2, -0.15) is 0 Å². The monoisotopic (exact) mass is 467 g/mol. The number of pyridine rings is 1. The van der Waals surface area contributed by atoms with Crippen LogP contribution in [0.2, 0.25) is 0 Å². The number of amides is 1. The second-order valence-electron chi connectivity index (χ2n) is 8.38. The van der Waals surface area contributed by atoms with E-state index in [2.05, 4.69) is 10.3 Å². The van der Waals surface area contributed by atoms with E-state index >= 15 is 0 Å². The lowest BCUT2D eigenvalue weighted by Gasteiger charge is -2.23. The third-order valence-corrected chi connectivity index (χ3v) is 5.65. The zero-order chi connectivity index (χ0) is 24.4. The molecule has 0 aliphatic heterocycles. The van der Waals surface area contributed by atoms with Crippen molar-refractivity contribution in [2.75, 3.05) is 13.7 Å². The summed E-state index contributed by atoms with van der Waals surface area (Å²) in [5.74, 6) is -2.76. The fraction of sp³-hybridized carbons (Fsp3) is 0.500. The number of carbonyl (C=O) groups is 1. The van der Waals surface area contributed by atoms with Gasteiger partial charge in [-0.1, -0.05) is 32.4 Å².